The molecular weight excluding hydrogens is 353 g/mol. The van der Waals surface area contributed by atoms with Crippen molar-refractivity contribution in [1.82, 2.24) is 0 Å². The van der Waals surface area contributed by atoms with E-state index in [0.717, 1.165) is 31.0 Å². The largest absolute Gasteiger partial charge is 0.310 e. The maximum Gasteiger partial charge on any atom is 0.206 e. The lowest BCUT2D eigenvalue weighted by molar-refractivity contribution is 0.784. The number of nitrogens with zero attached hydrogens (tertiary/aromatic N) is 3. The monoisotopic (exact) mass is 367 g/mol. The molecular formula is C17H16Cl3N3. The van der Waals surface area contributed by atoms with Crippen molar-refractivity contribution in [2.24, 2.45) is 4.99 Å². The molecule has 3 nitrogen and oxygen atoms in total. The summed E-state index contributed by atoms with van der Waals surface area (Å²) in [5, 5.41) is 1.35. The van der Waals surface area contributed by atoms with Crippen LogP contribution in [0.15, 0.2) is 47.5 Å². The summed E-state index contributed by atoms with van der Waals surface area (Å²) < 4.78 is 0. The molecule has 2 aromatic carbocycles. The molecule has 120 valence electrons. The van der Waals surface area contributed by atoms with Gasteiger partial charge >= 0.3 is 0 Å². The first-order valence-electron chi connectivity index (χ1n) is 7.36. The van der Waals surface area contributed by atoms with E-state index in [4.69, 9.17) is 28.2 Å². The highest BCUT2D eigenvalue weighted by molar-refractivity contribution is 6.35. The van der Waals surface area contributed by atoms with Gasteiger partial charge in [0.15, 0.2) is 0 Å². The molecule has 0 saturated heterocycles. The standard InChI is InChI=1S/C17H15Cl2N3.ClH/c18-13-7-6-12(14(19)10-13)11-22-16-5-2-1-4-15(16)21-9-3-8-20-17(21)22;/h1-2,4-7,10H,3,8-9,11H2;1H. The van der Waals surface area contributed by atoms with Crippen molar-refractivity contribution < 1.29 is 0 Å². The van der Waals surface area contributed by atoms with Gasteiger partial charge in [-0.05, 0) is 36.2 Å². The Labute approximate surface area is 151 Å². The molecule has 0 spiro atoms. The first kappa shape index (κ1) is 16.4. The van der Waals surface area contributed by atoms with E-state index in [2.05, 4.69) is 34.1 Å². The first-order chi connectivity index (χ1) is 10.7. The molecule has 0 radical (unpaired) electrons. The van der Waals surface area contributed by atoms with Crippen LogP contribution in [-0.2, 0) is 6.54 Å². The summed E-state index contributed by atoms with van der Waals surface area (Å²) in [6.07, 6.45) is 1.09. The second-order valence-electron chi connectivity index (χ2n) is 5.50. The zero-order valence-electron chi connectivity index (χ0n) is 12.4. The summed E-state index contributed by atoms with van der Waals surface area (Å²) in [6.45, 7) is 2.59. The van der Waals surface area contributed by atoms with Crippen LogP contribution in [0.5, 0.6) is 0 Å². The lowest BCUT2D eigenvalue weighted by atomic mass is 10.2. The number of hydrogen-bond acceptors (Lipinski definition) is 3. The fourth-order valence-corrected chi connectivity index (χ4v) is 3.53. The fraction of sp³-hybridized carbons (Fsp3) is 0.235. The predicted octanol–water partition coefficient (Wildman–Crippen LogP) is 5.00. The van der Waals surface area contributed by atoms with Crippen molar-refractivity contribution in [3.8, 4) is 0 Å². The van der Waals surface area contributed by atoms with Gasteiger partial charge in [0.2, 0.25) is 5.96 Å². The third-order valence-corrected chi connectivity index (χ3v) is 4.67. The number of halogens is 3. The van der Waals surface area contributed by atoms with Crippen LogP contribution < -0.4 is 9.80 Å². The van der Waals surface area contributed by atoms with E-state index in [1.807, 2.05) is 12.1 Å². The zero-order chi connectivity index (χ0) is 15.1. The van der Waals surface area contributed by atoms with Crippen molar-refractivity contribution >= 4 is 52.9 Å². The van der Waals surface area contributed by atoms with Gasteiger partial charge in [0.1, 0.15) is 0 Å². The third-order valence-electron chi connectivity index (χ3n) is 4.08. The van der Waals surface area contributed by atoms with E-state index in [9.17, 15) is 0 Å². The molecule has 0 bridgehead atoms. The summed E-state index contributed by atoms with van der Waals surface area (Å²) in [5.74, 6) is 1.03. The Balaban J connectivity index is 0.00000156. The van der Waals surface area contributed by atoms with Gasteiger partial charge in [0.05, 0.1) is 17.9 Å². The molecule has 2 aliphatic heterocycles. The second-order valence-corrected chi connectivity index (χ2v) is 6.34. The number of rotatable bonds is 2. The van der Waals surface area contributed by atoms with Crippen LogP contribution >= 0.6 is 35.6 Å². The number of aliphatic imine (C=N–C) groups is 1. The van der Waals surface area contributed by atoms with Crippen LogP contribution in [0.25, 0.3) is 0 Å². The second kappa shape index (κ2) is 6.60. The predicted molar refractivity (Wildman–Crippen MR) is 101 cm³/mol. The smallest absolute Gasteiger partial charge is 0.206 e. The minimum absolute atomic E-state index is 0. The normalized spacial score (nSPS) is 15.7. The van der Waals surface area contributed by atoms with Gasteiger partial charge in [0.25, 0.3) is 0 Å². The summed E-state index contributed by atoms with van der Waals surface area (Å²) in [4.78, 5) is 9.26. The number of benzene rings is 2. The Morgan fingerprint density at radius 3 is 2.61 bits per heavy atom. The van der Waals surface area contributed by atoms with Gasteiger partial charge in [-0.25, -0.2) is 0 Å². The van der Waals surface area contributed by atoms with Crippen molar-refractivity contribution in [3.05, 3.63) is 58.1 Å². The van der Waals surface area contributed by atoms with Crippen LogP contribution in [0, 0.1) is 0 Å². The first-order valence-corrected chi connectivity index (χ1v) is 8.12. The van der Waals surface area contributed by atoms with E-state index >= 15 is 0 Å². The average molecular weight is 369 g/mol. The van der Waals surface area contributed by atoms with Crippen LogP contribution in [0.4, 0.5) is 11.4 Å². The Hall–Kier alpha value is -1.42. The van der Waals surface area contributed by atoms with Crippen LogP contribution in [0.3, 0.4) is 0 Å². The molecule has 0 aliphatic carbocycles. The minimum Gasteiger partial charge on any atom is -0.310 e. The van der Waals surface area contributed by atoms with Crippen molar-refractivity contribution in [2.45, 2.75) is 13.0 Å². The SMILES string of the molecule is Cl.Clc1ccc(CN2C3=NCCCN3c3ccccc32)c(Cl)c1. The van der Waals surface area contributed by atoms with E-state index in [1.54, 1.807) is 6.07 Å². The van der Waals surface area contributed by atoms with Crippen LogP contribution in [0.2, 0.25) is 10.0 Å². The third kappa shape index (κ3) is 2.89. The molecule has 4 rings (SSSR count). The number of guanidine groups is 1. The molecule has 0 aromatic heterocycles. The summed E-state index contributed by atoms with van der Waals surface area (Å²) in [7, 11) is 0. The van der Waals surface area contributed by atoms with E-state index < -0.39 is 0 Å². The molecule has 0 atom stereocenters. The topological polar surface area (TPSA) is 18.8 Å². The molecule has 0 unspecified atom stereocenters. The number of fused-ring (bicyclic) bond motifs is 3. The summed E-state index contributed by atoms with van der Waals surface area (Å²) >= 11 is 12.3. The number of para-hydroxylation sites is 2. The van der Waals surface area contributed by atoms with Crippen LogP contribution in [0.1, 0.15) is 12.0 Å². The van der Waals surface area contributed by atoms with Crippen molar-refractivity contribution in [1.29, 1.82) is 0 Å². The van der Waals surface area contributed by atoms with E-state index in [-0.39, 0.29) is 12.4 Å². The van der Waals surface area contributed by atoms with Crippen molar-refractivity contribution in [2.75, 3.05) is 22.9 Å². The quantitative estimate of drug-likeness (QED) is 0.742. The average Bonchev–Trinajstić information content (AvgIpc) is 2.85. The Morgan fingerprint density at radius 1 is 1.04 bits per heavy atom. The molecule has 0 N–H and O–H groups in total. The Bertz CT molecular complexity index is 760. The van der Waals surface area contributed by atoms with Gasteiger partial charge in [-0.3, -0.25) is 4.99 Å². The molecule has 6 heteroatoms. The highest BCUT2D eigenvalue weighted by Gasteiger charge is 2.33. The molecule has 2 aromatic rings. The maximum atomic E-state index is 6.35. The fourth-order valence-electron chi connectivity index (χ4n) is 3.06. The minimum atomic E-state index is 0. The van der Waals surface area contributed by atoms with Crippen molar-refractivity contribution in [3.63, 3.8) is 0 Å². The van der Waals surface area contributed by atoms with Gasteiger partial charge in [-0.1, -0.05) is 41.4 Å². The van der Waals surface area contributed by atoms with Gasteiger partial charge in [0, 0.05) is 23.1 Å². The molecule has 0 saturated carbocycles. The molecule has 2 aliphatic rings. The van der Waals surface area contributed by atoms with Gasteiger partial charge < -0.3 is 9.80 Å². The lowest BCUT2D eigenvalue weighted by Crippen LogP contribution is -2.41. The van der Waals surface area contributed by atoms with Crippen LogP contribution in [-0.4, -0.2) is 19.0 Å². The van der Waals surface area contributed by atoms with E-state index in [0.29, 0.717) is 16.6 Å². The molecule has 0 fully saturated rings. The van der Waals surface area contributed by atoms with E-state index in [1.165, 1.54) is 11.4 Å². The highest BCUT2D eigenvalue weighted by atomic mass is 35.5. The highest BCUT2D eigenvalue weighted by Crippen LogP contribution is 2.39. The lowest BCUT2D eigenvalue weighted by Gasteiger charge is -2.27. The number of hydrogen-bond donors (Lipinski definition) is 0. The molecule has 2 heterocycles. The van der Waals surface area contributed by atoms with Gasteiger partial charge in [-0.15, -0.1) is 12.4 Å². The number of anilines is 2. The molecule has 23 heavy (non-hydrogen) atoms. The summed E-state index contributed by atoms with van der Waals surface area (Å²) in [5.41, 5.74) is 3.47. The Kier molecular flexibility index (Phi) is 4.72. The zero-order valence-corrected chi connectivity index (χ0v) is 14.7. The summed E-state index contributed by atoms with van der Waals surface area (Å²) in [6, 6.07) is 14.1. The molecule has 0 amide bonds. The van der Waals surface area contributed by atoms with Gasteiger partial charge in [-0.2, -0.15) is 0 Å². The maximum absolute atomic E-state index is 6.35. The Morgan fingerprint density at radius 2 is 1.83 bits per heavy atom.